The van der Waals surface area contributed by atoms with Gasteiger partial charge in [-0.05, 0) is 74.6 Å². The van der Waals surface area contributed by atoms with E-state index in [1.165, 1.54) is 0 Å². The minimum atomic E-state index is -0.232. The maximum absolute atomic E-state index is 13.9. The van der Waals surface area contributed by atoms with Gasteiger partial charge < -0.3 is 19.3 Å². The second kappa shape index (κ2) is 9.89. The normalized spacial score (nSPS) is 20.4. The van der Waals surface area contributed by atoms with Crippen molar-refractivity contribution in [3.8, 4) is 6.07 Å². The maximum Gasteiger partial charge on any atom is 0.320 e. The molecule has 10 heteroatoms. The highest BCUT2D eigenvalue weighted by molar-refractivity contribution is 6.51. The van der Waals surface area contributed by atoms with Crippen molar-refractivity contribution < 1.29 is 14.4 Å². The standard InChI is InChI=1S/C34H33N7O3/c1-37-9-5-34(6-10-37)7-11-40(21-34)33(44)39-13-12-38-20-25(24-15-22(17-35)14-23(19-39)32(24)38)30-27(42)16-28(43)31(30)26-18-36-29-4-2-3-8-41(26)29/h2-4,8,14-15,18,20H,5-7,9-13,16,19,21H2,1H3. The Balaban J connectivity index is 1.18. The molecule has 2 fully saturated rings. The summed E-state index contributed by atoms with van der Waals surface area (Å²) in [6, 6.07) is 11.6. The third-order valence-electron chi connectivity index (χ3n) is 10.3. The third-order valence-corrected chi connectivity index (χ3v) is 10.3. The average Bonchev–Trinajstić information content (AvgIpc) is 3.77. The Bertz CT molecular complexity index is 1970. The second-order valence-corrected chi connectivity index (χ2v) is 12.9. The first-order chi connectivity index (χ1) is 21.3. The molecule has 3 aliphatic heterocycles. The van der Waals surface area contributed by atoms with Gasteiger partial charge in [-0.2, -0.15) is 5.26 Å². The Kier molecular flexibility index (Phi) is 6.04. The highest BCUT2D eigenvalue weighted by atomic mass is 16.2. The first-order valence-electron chi connectivity index (χ1n) is 15.4. The van der Waals surface area contributed by atoms with E-state index in [2.05, 4.69) is 27.6 Å². The van der Waals surface area contributed by atoms with Crippen LogP contribution in [0.2, 0.25) is 0 Å². The van der Waals surface area contributed by atoms with Crippen molar-refractivity contribution in [2.45, 2.75) is 38.8 Å². The van der Waals surface area contributed by atoms with Crippen LogP contribution in [0.3, 0.4) is 0 Å². The largest absolute Gasteiger partial charge is 0.345 e. The van der Waals surface area contributed by atoms with E-state index >= 15 is 0 Å². The Morgan fingerprint density at radius 2 is 1.77 bits per heavy atom. The van der Waals surface area contributed by atoms with Crippen molar-refractivity contribution in [2.24, 2.45) is 5.41 Å². The molecule has 0 radical (unpaired) electrons. The number of ketones is 2. The van der Waals surface area contributed by atoms with E-state index in [1.54, 1.807) is 6.20 Å². The van der Waals surface area contributed by atoms with Crippen molar-refractivity contribution >= 4 is 45.3 Å². The van der Waals surface area contributed by atoms with E-state index in [0.29, 0.717) is 53.2 Å². The molecule has 4 aromatic rings. The zero-order valence-electron chi connectivity index (χ0n) is 24.8. The van der Waals surface area contributed by atoms with Crippen LogP contribution >= 0.6 is 0 Å². The molecular formula is C34H33N7O3. The third kappa shape index (κ3) is 4.10. The summed E-state index contributed by atoms with van der Waals surface area (Å²) < 4.78 is 3.92. The van der Waals surface area contributed by atoms with Gasteiger partial charge >= 0.3 is 6.03 Å². The number of allylic oxidation sites excluding steroid dienone is 2. The molecule has 1 aromatic carbocycles. The number of hydrogen-bond acceptors (Lipinski definition) is 6. The molecule has 0 N–H and O–H groups in total. The molecule has 4 aliphatic rings. The van der Waals surface area contributed by atoms with Crippen LogP contribution in [0.5, 0.6) is 0 Å². The van der Waals surface area contributed by atoms with Gasteiger partial charge in [0, 0.05) is 61.6 Å². The number of nitriles is 1. The van der Waals surface area contributed by atoms with E-state index in [0.717, 1.165) is 61.9 Å². The fraction of sp³-hybridized carbons (Fsp3) is 0.382. The number of nitrogens with zero attached hydrogens (tertiary/aromatic N) is 7. The van der Waals surface area contributed by atoms with Crippen molar-refractivity contribution in [3.05, 3.63) is 71.3 Å². The minimum absolute atomic E-state index is 0.0523. The highest BCUT2D eigenvalue weighted by Crippen LogP contribution is 2.42. The van der Waals surface area contributed by atoms with E-state index in [9.17, 15) is 19.6 Å². The molecule has 6 heterocycles. The lowest BCUT2D eigenvalue weighted by molar-refractivity contribution is -0.119. The summed E-state index contributed by atoms with van der Waals surface area (Å²) in [5.74, 6) is -0.463. The van der Waals surface area contributed by atoms with E-state index < -0.39 is 0 Å². The van der Waals surface area contributed by atoms with Crippen LogP contribution in [-0.2, 0) is 22.7 Å². The molecule has 3 aromatic heterocycles. The van der Waals surface area contributed by atoms with Crippen LogP contribution < -0.4 is 0 Å². The zero-order valence-corrected chi connectivity index (χ0v) is 24.8. The number of hydrogen-bond donors (Lipinski definition) is 0. The number of likely N-dealkylation sites (tertiary alicyclic amines) is 2. The Hall–Kier alpha value is -4.75. The lowest BCUT2D eigenvalue weighted by Crippen LogP contribution is -2.45. The maximum atomic E-state index is 13.9. The van der Waals surface area contributed by atoms with E-state index in [-0.39, 0.29) is 29.4 Å². The van der Waals surface area contributed by atoms with Gasteiger partial charge in [-0.1, -0.05) is 6.07 Å². The lowest BCUT2D eigenvalue weighted by atomic mass is 9.78. The summed E-state index contributed by atoms with van der Waals surface area (Å²) in [5, 5.41) is 10.8. The number of fused-ring (bicyclic) bond motifs is 1. The molecule has 222 valence electrons. The number of pyridine rings is 1. The van der Waals surface area contributed by atoms with Crippen LogP contribution in [0.25, 0.3) is 27.7 Å². The number of aromatic nitrogens is 3. The fourth-order valence-electron chi connectivity index (χ4n) is 7.84. The molecule has 10 nitrogen and oxygen atoms in total. The second-order valence-electron chi connectivity index (χ2n) is 12.9. The van der Waals surface area contributed by atoms with Crippen molar-refractivity contribution in [3.63, 3.8) is 0 Å². The summed E-state index contributed by atoms with van der Waals surface area (Å²) in [4.78, 5) is 51.5. The number of piperidine rings is 1. The lowest BCUT2D eigenvalue weighted by Gasteiger charge is -2.38. The van der Waals surface area contributed by atoms with Gasteiger partial charge in [0.15, 0.2) is 11.6 Å². The van der Waals surface area contributed by atoms with Gasteiger partial charge in [0.1, 0.15) is 5.65 Å². The Labute approximate surface area is 254 Å². The predicted octanol–water partition coefficient (Wildman–Crippen LogP) is 3.97. The molecule has 2 amide bonds. The van der Waals surface area contributed by atoms with Gasteiger partial charge in [0.25, 0.3) is 0 Å². The van der Waals surface area contributed by atoms with Crippen molar-refractivity contribution in [1.29, 1.82) is 5.26 Å². The zero-order chi connectivity index (χ0) is 30.2. The van der Waals surface area contributed by atoms with Gasteiger partial charge in [-0.15, -0.1) is 0 Å². The van der Waals surface area contributed by atoms with E-state index in [1.807, 2.05) is 56.9 Å². The molecule has 0 bridgehead atoms. The number of rotatable bonds is 2. The number of amides is 2. The summed E-state index contributed by atoms with van der Waals surface area (Å²) in [7, 11) is 2.16. The number of urea groups is 1. The first kappa shape index (κ1) is 26.8. The topological polar surface area (TPSA) is 107 Å². The molecule has 0 atom stereocenters. The Morgan fingerprint density at radius 3 is 2.59 bits per heavy atom. The van der Waals surface area contributed by atoms with Gasteiger partial charge in [0.2, 0.25) is 0 Å². The molecule has 1 spiro atoms. The van der Waals surface area contributed by atoms with Crippen LogP contribution in [0.1, 0.15) is 48.1 Å². The van der Waals surface area contributed by atoms with Crippen LogP contribution in [0.4, 0.5) is 4.79 Å². The number of Topliss-reactive ketones (excluding diaryl/α,β-unsaturated/α-hetero) is 2. The number of carbonyl (C=O) groups is 3. The molecular weight excluding hydrogens is 554 g/mol. The van der Waals surface area contributed by atoms with Crippen molar-refractivity contribution in [2.75, 3.05) is 39.8 Å². The summed E-state index contributed by atoms with van der Waals surface area (Å²) in [5.41, 5.74) is 5.12. The average molecular weight is 588 g/mol. The minimum Gasteiger partial charge on any atom is -0.345 e. The summed E-state index contributed by atoms with van der Waals surface area (Å²) >= 11 is 0. The van der Waals surface area contributed by atoms with Crippen LogP contribution in [-0.4, -0.2) is 86.0 Å². The van der Waals surface area contributed by atoms with E-state index in [4.69, 9.17) is 0 Å². The van der Waals surface area contributed by atoms with Gasteiger partial charge in [0.05, 0.1) is 41.0 Å². The smallest absolute Gasteiger partial charge is 0.320 e. The summed E-state index contributed by atoms with van der Waals surface area (Å²) in [6.45, 7) is 5.17. The monoisotopic (exact) mass is 587 g/mol. The molecule has 2 saturated heterocycles. The molecule has 44 heavy (non-hydrogen) atoms. The fourth-order valence-corrected chi connectivity index (χ4v) is 7.84. The highest BCUT2D eigenvalue weighted by Gasteiger charge is 2.43. The van der Waals surface area contributed by atoms with Gasteiger partial charge in [-0.3, -0.25) is 14.0 Å². The molecule has 1 aliphatic carbocycles. The number of carbonyl (C=O) groups excluding carboxylic acids is 3. The molecule has 8 rings (SSSR count). The van der Waals surface area contributed by atoms with Crippen LogP contribution in [0, 0.1) is 16.7 Å². The summed E-state index contributed by atoms with van der Waals surface area (Å²) in [6.07, 6.45) is 8.52. The number of benzene rings is 1. The SMILES string of the molecule is CN1CCC2(CC1)CCN(C(=O)N1CCn3cc(C4=C(c5cnc6ccccn56)C(=O)CC4=O)c4cc(C#N)cc(c43)C1)C2. The van der Waals surface area contributed by atoms with Crippen LogP contribution in [0.15, 0.2) is 48.9 Å². The number of imidazole rings is 1. The van der Waals surface area contributed by atoms with Gasteiger partial charge in [-0.25, -0.2) is 9.78 Å². The molecule has 0 unspecified atom stereocenters. The molecule has 0 saturated carbocycles. The Morgan fingerprint density at radius 1 is 0.977 bits per heavy atom. The quantitative estimate of drug-likeness (QED) is 0.329. The van der Waals surface area contributed by atoms with Crippen molar-refractivity contribution in [1.82, 2.24) is 28.7 Å². The first-order valence-corrected chi connectivity index (χ1v) is 15.4. The predicted molar refractivity (Wildman–Crippen MR) is 164 cm³/mol.